The number of halogens is 1. The topological polar surface area (TPSA) is 64.6 Å². The minimum Gasteiger partial charge on any atom is -0.493 e. The highest BCUT2D eigenvalue weighted by Crippen LogP contribution is 2.27. The van der Waals surface area contributed by atoms with E-state index in [0.29, 0.717) is 16.5 Å². The molecule has 0 bridgehead atoms. The second kappa shape index (κ2) is 9.25. The van der Waals surface area contributed by atoms with Crippen molar-refractivity contribution in [2.24, 2.45) is 0 Å². The first-order valence-electron chi connectivity index (χ1n) is 8.27. The minimum absolute atomic E-state index is 0.0610. The van der Waals surface area contributed by atoms with Crippen LogP contribution in [0.5, 0.6) is 5.75 Å². The summed E-state index contributed by atoms with van der Waals surface area (Å²) in [6, 6.07) is 11.2. The van der Waals surface area contributed by atoms with Crippen molar-refractivity contribution in [3.05, 3.63) is 58.1 Å². The minimum atomic E-state index is -0.500. The molecule has 138 valence electrons. The van der Waals surface area contributed by atoms with Crippen LogP contribution < -0.4 is 10.1 Å². The van der Waals surface area contributed by atoms with Crippen molar-refractivity contribution in [1.82, 2.24) is 0 Å². The van der Waals surface area contributed by atoms with Gasteiger partial charge >= 0.3 is 5.97 Å². The molecule has 5 nitrogen and oxygen atoms in total. The maximum absolute atomic E-state index is 12.0. The average Bonchev–Trinajstić information content (AvgIpc) is 2.56. The number of hydrogen-bond donors (Lipinski definition) is 1. The first-order valence-corrected chi connectivity index (χ1v) is 8.64. The van der Waals surface area contributed by atoms with Gasteiger partial charge in [-0.1, -0.05) is 29.8 Å². The number of amides is 1. The van der Waals surface area contributed by atoms with Crippen LogP contribution in [0.1, 0.15) is 23.1 Å². The molecule has 0 atom stereocenters. The Morgan fingerprint density at radius 2 is 1.85 bits per heavy atom. The van der Waals surface area contributed by atoms with E-state index in [-0.39, 0.29) is 19.6 Å². The molecule has 1 amide bonds. The molecule has 0 fully saturated rings. The maximum atomic E-state index is 12.0. The lowest BCUT2D eigenvalue weighted by Gasteiger charge is -2.12. The fraction of sp³-hybridized carbons (Fsp3) is 0.300. The predicted molar refractivity (Wildman–Crippen MR) is 102 cm³/mol. The highest BCUT2D eigenvalue weighted by Gasteiger charge is 2.12. The van der Waals surface area contributed by atoms with Gasteiger partial charge in [0.05, 0.1) is 23.7 Å². The summed E-state index contributed by atoms with van der Waals surface area (Å²) in [6.45, 7) is 5.55. The van der Waals surface area contributed by atoms with Crippen molar-refractivity contribution in [3.63, 3.8) is 0 Å². The Morgan fingerprint density at radius 3 is 2.54 bits per heavy atom. The molecule has 0 saturated heterocycles. The number of benzene rings is 2. The molecule has 2 aromatic rings. The van der Waals surface area contributed by atoms with E-state index in [9.17, 15) is 9.59 Å². The van der Waals surface area contributed by atoms with Crippen LogP contribution >= 0.6 is 11.6 Å². The molecular weight excluding hydrogens is 354 g/mol. The molecule has 1 N–H and O–H groups in total. The van der Waals surface area contributed by atoms with Crippen LogP contribution in [0, 0.1) is 20.8 Å². The number of rotatable bonds is 7. The van der Waals surface area contributed by atoms with Crippen LogP contribution in [-0.4, -0.2) is 25.1 Å². The Morgan fingerprint density at radius 1 is 1.08 bits per heavy atom. The lowest BCUT2D eigenvalue weighted by atomic mass is 10.1. The summed E-state index contributed by atoms with van der Waals surface area (Å²) in [5.41, 5.74) is 3.46. The molecule has 6 heteroatoms. The van der Waals surface area contributed by atoms with E-state index in [1.165, 1.54) is 0 Å². The van der Waals surface area contributed by atoms with E-state index < -0.39 is 11.9 Å². The molecule has 0 saturated carbocycles. The number of carbonyl (C=O) groups is 2. The van der Waals surface area contributed by atoms with E-state index in [1.54, 1.807) is 6.07 Å². The van der Waals surface area contributed by atoms with E-state index in [2.05, 4.69) is 5.32 Å². The Kier molecular flexibility index (Phi) is 7.04. The number of carbonyl (C=O) groups excluding carboxylic acids is 2. The van der Waals surface area contributed by atoms with Crippen LogP contribution in [0.25, 0.3) is 0 Å². The summed E-state index contributed by atoms with van der Waals surface area (Å²) in [5, 5.41) is 3.12. The van der Waals surface area contributed by atoms with Crippen molar-refractivity contribution < 1.29 is 19.1 Å². The van der Waals surface area contributed by atoms with Gasteiger partial charge in [-0.25, -0.2) is 0 Å². The smallest absolute Gasteiger partial charge is 0.309 e. The van der Waals surface area contributed by atoms with Crippen LogP contribution in [0.4, 0.5) is 5.69 Å². The highest BCUT2D eigenvalue weighted by atomic mass is 35.5. The SMILES string of the molecule is Cc1cccc(OCCC(=O)OCC(=O)Nc2c(C)cc(C)cc2Cl)c1. The molecule has 0 unspecified atom stereocenters. The first-order chi connectivity index (χ1) is 12.3. The third-order valence-electron chi connectivity index (χ3n) is 3.62. The van der Waals surface area contributed by atoms with Crippen LogP contribution in [0.3, 0.4) is 0 Å². The number of nitrogens with one attached hydrogen (secondary N) is 1. The Bertz CT molecular complexity index is 781. The van der Waals surface area contributed by atoms with Crippen molar-refractivity contribution in [1.29, 1.82) is 0 Å². The molecule has 2 rings (SSSR count). The Hall–Kier alpha value is -2.53. The zero-order valence-corrected chi connectivity index (χ0v) is 15.9. The number of esters is 1. The monoisotopic (exact) mass is 375 g/mol. The normalized spacial score (nSPS) is 10.3. The second-order valence-corrected chi connectivity index (χ2v) is 6.47. The number of aryl methyl sites for hydroxylation is 3. The maximum Gasteiger partial charge on any atom is 0.309 e. The summed E-state index contributed by atoms with van der Waals surface area (Å²) >= 11 is 6.14. The largest absolute Gasteiger partial charge is 0.493 e. The fourth-order valence-electron chi connectivity index (χ4n) is 2.43. The lowest BCUT2D eigenvalue weighted by molar-refractivity contribution is -0.147. The first kappa shape index (κ1) is 19.8. The van der Waals surface area contributed by atoms with Gasteiger partial charge < -0.3 is 14.8 Å². The van der Waals surface area contributed by atoms with Gasteiger partial charge in [-0.15, -0.1) is 0 Å². The van der Waals surface area contributed by atoms with Gasteiger partial charge in [-0.05, 0) is 55.7 Å². The van der Waals surface area contributed by atoms with Gasteiger partial charge in [0.2, 0.25) is 0 Å². The van der Waals surface area contributed by atoms with E-state index in [4.69, 9.17) is 21.1 Å². The summed E-state index contributed by atoms with van der Waals surface area (Å²) in [4.78, 5) is 23.7. The highest BCUT2D eigenvalue weighted by molar-refractivity contribution is 6.34. The number of ether oxygens (including phenoxy) is 2. The van der Waals surface area contributed by atoms with Crippen LogP contribution in [0.15, 0.2) is 36.4 Å². The van der Waals surface area contributed by atoms with Gasteiger partial charge in [0.15, 0.2) is 6.61 Å². The van der Waals surface area contributed by atoms with Gasteiger partial charge in [-0.2, -0.15) is 0 Å². The van der Waals surface area contributed by atoms with Gasteiger partial charge in [0.25, 0.3) is 5.91 Å². The van der Waals surface area contributed by atoms with E-state index >= 15 is 0 Å². The third kappa shape index (κ3) is 6.08. The van der Waals surface area contributed by atoms with Gasteiger partial charge in [-0.3, -0.25) is 9.59 Å². The summed E-state index contributed by atoms with van der Waals surface area (Å²) in [7, 11) is 0. The molecule has 0 spiro atoms. The molecule has 0 aromatic heterocycles. The second-order valence-electron chi connectivity index (χ2n) is 6.06. The standard InChI is InChI=1S/C20H22ClNO4/c1-13-5-4-6-16(10-13)25-8-7-19(24)26-12-18(23)22-20-15(3)9-14(2)11-17(20)21/h4-6,9-11H,7-8,12H2,1-3H3,(H,22,23). The molecule has 0 heterocycles. The van der Waals surface area contributed by atoms with Crippen molar-refractivity contribution in [2.75, 3.05) is 18.5 Å². The molecule has 0 aliphatic heterocycles. The summed E-state index contributed by atoms with van der Waals surface area (Å²) in [6.07, 6.45) is 0.0610. The van der Waals surface area contributed by atoms with E-state index in [0.717, 1.165) is 16.7 Å². The lowest BCUT2D eigenvalue weighted by Crippen LogP contribution is -2.22. The Balaban J connectivity index is 1.74. The number of hydrogen-bond acceptors (Lipinski definition) is 4. The fourth-order valence-corrected chi connectivity index (χ4v) is 2.79. The summed E-state index contributed by atoms with van der Waals surface area (Å²) in [5.74, 6) is -0.244. The van der Waals surface area contributed by atoms with Crippen LogP contribution in [-0.2, 0) is 14.3 Å². The van der Waals surface area contributed by atoms with Crippen molar-refractivity contribution in [2.45, 2.75) is 27.2 Å². The van der Waals surface area contributed by atoms with Crippen molar-refractivity contribution in [3.8, 4) is 5.75 Å². The predicted octanol–water partition coefficient (Wildman–Crippen LogP) is 4.22. The average molecular weight is 376 g/mol. The third-order valence-corrected chi connectivity index (χ3v) is 3.92. The summed E-state index contributed by atoms with van der Waals surface area (Å²) < 4.78 is 10.5. The molecule has 0 aliphatic rings. The quantitative estimate of drug-likeness (QED) is 0.736. The van der Waals surface area contributed by atoms with Gasteiger partial charge in [0.1, 0.15) is 5.75 Å². The molecular formula is C20H22ClNO4. The zero-order chi connectivity index (χ0) is 19.1. The zero-order valence-electron chi connectivity index (χ0n) is 15.1. The molecule has 2 aromatic carbocycles. The Labute approximate surface area is 158 Å². The van der Waals surface area contributed by atoms with E-state index in [1.807, 2.05) is 51.1 Å². The molecule has 0 radical (unpaired) electrons. The van der Waals surface area contributed by atoms with Gasteiger partial charge in [0, 0.05) is 0 Å². The van der Waals surface area contributed by atoms with Crippen LogP contribution in [0.2, 0.25) is 5.02 Å². The number of anilines is 1. The molecule has 0 aliphatic carbocycles. The molecule has 26 heavy (non-hydrogen) atoms. The van der Waals surface area contributed by atoms with Crippen molar-refractivity contribution >= 4 is 29.2 Å².